The largest absolute Gasteiger partial charge is 0.489 e. The number of hydrogen-bond donors (Lipinski definition) is 1. The zero-order valence-corrected chi connectivity index (χ0v) is 17.2. The molecule has 2 aromatic carbocycles. The van der Waals surface area contributed by atoms with E-state index in [0.29, 0.717) is 30.9 Å². The van der Waals surface area contributed by atoms with Gasteiger partial charge in [0.15, 0.2) is 0 Å². The molecule has 1 aromatic heterocycles. The molecule has 0 radical (unpaired) electrons. The van der Waals surface area contributed by atoms with Crippen LogP contribution >= 0.6 is 0 Å². The molecule has 9 heteroatoms. The van der Waals surface area contributed by atoms with E-state index in [9.17, 15) is 14.4 Å². The number of fused-ring (bicyclic) bond motifs is 1. The van der Waals surface area contributed by atoms with E-state index in [2.05, 4.69) is 15.5 Å². The Morgan fingerprint density at radius 3 is 2.50 bits per heavy atom. The van der Waals surface area contributed by atoms with Crippen LogP contribution in [0.5, 0.6) is 5.75 Å². The first-order chi connectivity index (χ1) is 15.6. The molecule has 0 spiro atoms. The Morgan fingerprint density at radius 1 is 1.00 bits per heavy atom. The van der Waals surface area contributed by atoms with Gasteiger partial charge in [0, 0.05) is 24.1 Å². The third-order valence-electron chi connectivity index (χ3n) is 5.79. The molecule has 5 rings (SSSR count). The Kier molecular flexibility index (Phi) is 5.14. The molecule has 1 saturated heterocycles. The normalized spacial score (nSPS) is 17.9. The molecule has 1 unspecified atom stereocenters. The Labute approximate surface area is 184 Å². The lowest BCUT2D eigenvalue weighted by Crippen LogP contribution is -2.52. The number of nitrogens with zero attached hydrogens (tertiary/aromatic N) is 4. The lowest BCUT2D eigenvalue weighted by Gasteiger charge is -2.29. The van der Waals surface area contributed by atoms with Crippen molar-refractivity contribution in [3.8, 4) is 5.75 Å². The van der Waals surface area contributed by atoms with Crippen molar-refractivity contribution >= 4 is 17.7 Å². The summed E-state index contributed by atoms with van der Waals surface area (Å²) in [5.41, 5.74) is 3.43. The van der Waals surface area contributed by atoms with Crippen LogP contribution < -0.4 is 10.1 Å². The van der Waals surface area contributed by atoms with E-state index >= 15 is 0 Å². The van der Waals surface area contributed by atoms with Gasteiger partial charge in [-0.15, -0.1) is 10.2 Å². The number of imide groups is 1. The third kappa shape index (κ3) is 3.84. The Balaban J connectivity index is 1.27. The van der Waals surface area contributed by atoms with Crippen LogP contribution in [0.2, 0.25) is 0 Å². The van der Waals surface area contributed by atoms with Crippen LogP contribution in [-0.2, 0) is 29.3 Å². The smallest absolute Gasteiger partial charge is 0.255 e. The van der Waals surface area contributed by atoms with Gasteiger partial charge in [-0.05, 0) is 29.7 Å². The Morgan fingerprint density at radius 2 is 1.75 bits per heavy atom. The highest BCUT2D eigenvalue weighted by Gasteiger charge is 2.40. The molecule has 9 nitrogen and oxygen atoms in total. The summed E-state index contributed by atoms with van der Waals surface area (Å²) in [6.07, 6.45) is 3.91. The molecule has 1 N–H and O–H groups in total. The van der Waals surface area contributed by atoms with Crippen molar-refractivity contribution in [1.29, 1.82) is 0 Å². The van der Waals surface area contributed by atoms with Gasteiger partial charge >= 0.3 is 0 Å². The average molecular weight is 431 g/mol. The van der Waals surface area contributed by atoms with Crippen LogP contribution in [0.1, 0.15) is 39.9 Å². The SMILES string of the molecule is O=C1CCC(N2Cc3c(OCc4ccc(Cn5cnnc5)cc4)cccc3C2=O)C(=O)N1. The van der Waals surface area contributed by atoms with Crippen molar-refractivity contribution in [3.63, 3.8) is 0 Å². The summed E-state index contributed by atoms with van der Waals surface area (Å²) in [7, 11) is 0. The monoisotopic (exact) mass is 431 g/mol. The number of carbonyl (C=O) groups excluding carboxylic acids is 3. The minimum absolute atomic E-state index is 0.210. The van der Waals surface area contributed by atoms with Gasteiger partial charge in [0.05, 0.1) is 6.54 Å². The fourth-order valence-electron chi connectivity index (χ4n) is 4.11. The topological polar surface area (TPSA) is 106 Å². The van der Waals surface area contributed by atoms with E-state index in [-0.39, 0.29) is 24.8 Å². The highest BCUT2D eigenvalue weighted by Crippen LogP contribution is 2.33. The van der Waals surface area contributed by atoms with Crippen LogP contribution in [0.4, 0.5) is 0 Å². The van der Waals surface area contributed by atoms with Crippen molar-refractivity contribution in [2.45, 2.75) is 38.6 Å². The lowest BCUT2D eigenvalue weighted by atomic mass is 10.0. The highest BCUT2D eigenvalue weighted by molar-refractivity contribution is 6.05. The van der Waals surface area contributed by atoms with Gasteiger partial charge in [-0.2, -0.15) is 0 Å². The van der Waals surface area contributed by atoms with E-state index in [0.717, 1.165) is 16.7 Å². The van der Waals surface area contributed by atoms with Crippen LogP contribution in [0, 0.1) is 0 Å². The fourth-order valence-corrected chi connectivity index (χ4v) is 4.11. The van der Waals surface area contributed by atoms with Crippen molar-refractivity contribution in [2.75, 3.05) is 0 Å². The molecule has 2 aliphatic rings. The number of aromatic nitrogens is 3. The molecule has 0 saturated carbocycles. The lowest BCUT2D eigenvalue weighted by molar-refractivity contribution is -0.136. The molecule has 3 aromatic rings. The van der Waals surface area contributed by atoms with E-state index in [1.165, 1.54) is 4.90 Å². The fraction of sp³-hybridized carbons (Fsp3) is 0.261. The van der Waals surface area contributed by atoms with Gasteiger partial charge < -0.3 is 14.2 Å². The summed E-state index contributed by atoms with van der Waals surface area (Å²) in [4.78, 5) is 38.1. The van der Waals surface area contributed by atoms with Crippen molar-refractivity contribution in [3.05, 3.63) is 77.4 Å². The molecule has 0 bridgehead atoms. The zero-order chi connectivity index (χ0) is 22.1. The molecule has 1 atom stereocenters. The number of amides is 3. The van der Waals surface area contributed by atoms with Crippen LogP contribution in [0.25, 0.3) is 0 Å². The summed E-state index contributed by atoms with van der Waals surface area (Å²) in [5.74, 6) is -0.305. The first-order valence-corrected chi connectivity index (χ1v) is 10.4. The van der Waals surface area contributed by atoms with Crippen LogP contribution in [0.15, 0.2) is 55.1 Å². The van der Waals surface area contributed by atoms with Gasteiger partial charge in [-0.25, -0.2) is 0 Å². The minimum atomic E-state index is -0.640. The molecule has 3 amide bonds. The molecule has 1 fully saturated rings. The van der Waals surface area contributed by atoms with Crippen molar-refractivity contribution < 1.29 is 19.1 Å². The number of piperidine rings is 1. The summed E-state index contributed by atoms with van der Waals surface area (Å²) in [6, 6.07) is 12.8. The summed E-state index contributed by atoms with van der Waals surface area (Å²) < 4.78 is 7.94. The maximum absolute atomic E-state index is 12.9. The molecule has 3 heterocycles. The molecule has 0 aliphatic carbocycles. The second kappa shape index (κ2) is 8.26. The maximum atomic E-state index is 12.9. The Hall–Kier alpha value is -4.01. The van der Waals surface area contributed by atoms with E-state index in [1.807, 2.05) is 34.9 Å². The molecule has 162 valence electrons. The van der Waals surface area contributed by atoms with Crippen LogP contribution in [-0.4, -0.2) is 43.4 Å². The molecular formula is C23H21N5O4. The second-order valence-electron chi connectivity index (χ2n) is 7.92. The third-order valence-corrected chi connectivity index (χ3v) is 5.79. The number of carbonyl (C=O) groups is 3. The number of rotatable bonds is 6. The average Bonchev–Trinajstić information content (AvgIpc) is 3.42. The van der Waals surface area contributed by atoms with Gasteiger partial charge in [-0.1, -0.05) is 30.3 Å². The van der Waals surface area contributed by atoms with Crippen LogP contribution in [0.3, 0.4) is 0 Å². The van der Waals surface area contributed by atoms with Gasteiger partial charge in [0.25, 0.3) is 5.91 Å². The quantitative estimate of drug-likeness (QED) is 0.595. The predicted octanol–water partition coefficient (Wildman–Crippen LogP) is 1.67. The van der Waals surface area contributed by atoms with E-state index in [1.54, 1.807) is 24.8 Å². The molecular weight excluding hydrogens is 410 g/mol. The number of hydrogen-bond acceptors (Lipinski definition) is 6. The van der Waals surface area contributed by atoms with E-state index < -0.39 is 11.9 Å². The highest BCUT2D eigenvalue weighted by atomic mass is 16.5. The van der Waals surface area contributed by atoms with E-state index in [4.69, 9.17) is 4.74 Å². The number of benzene rings is 2. The van der Waals surface area contributed by atoms with Gasteiger partial charge in [0.2, 0.25) is 11.8 Å². The summed E-state index contributed by atoms with van der Waals surface area (Å²) >= 11 is 0. The molecule has 2 aliphatic heterocycles. The predicted molar refractivity (Wildman–Crippen MR) is 112 cm³/mol. The standard InChI is InChI=1S/C23H21N5O4/c29-21-9-8-19(22(30)26-21)28-11-18-17(23(28)31)2-1-3-20(18)32-12-16-6-4-15(5-7-16)10-27-13-24-25-14-27/h1-7,13-14,19H,8-12H2,(H,26,29,30). The van der Waals surface area contributed by atoms with Crippen molar-refractivity contribution in [1.82, 2.24) is 25.0 Å². The summed E-state index contributed by atoms with van der Waals surface area (Å²) in [6.45, 7) is 1.34. The van der Waals surface area contributed by atoms with Crippen molar-refractivity contribution in [2.24, 2.45) is 0 Å². The molecule has 32 heavy (non-hydrogen) atoms. The van der Waals surface area contributed by atoms with Gasteiger partial charge in [-0.3, -0.25) is 19.7 Å². The summed E-state index contributed by atoms with van der Waals surface area (Å²) in [5, 5.41) is 9.93. The maximum Gasteiger partial charge on any atom is 0.255 e. The first kappa shape index (κ1) is 19.9. The zero-order valence-electron chi connectivity index (χ0n) is 17.2. The number of nitrogens with one attached hydrogen (secondary N) is 1. The Bertz CT molecular complexity index is 1170. The number of ether oxygens (including phenoxy) is 1. The van der Waals surface area contributed by atoms with Gasteiger partial charge in [0.1, 0.15) is 31.1 Å². The minimum Gasteiger partial charge on any atom is -0.489 e. The first-order valence-electron chi connectivity index (χ1n) is 10.4. The second-order valence-corrected chi connectivity index (χ2v) is 7.92.